The second-order valence-electron chi connectivity index (χ2n) is 4.91. The van der Waals surface area contributed by atoms with E-state index in [1.54, 1.807) is 18.4 Å². The van der Waals surface area contributed by atoms with Crippen LogP contribution in [-0.2, 0) is 0 Å². The van der Waals surface area contributed by atoms with Crippen molar-refractivity contribution in [3.8, 4) is 17.3 Å². The van der Waals surface area contributed by atoms with Crippen molar-refractivity contribution in [1.29, 1.82) is 0 Å². The molecule has 0 saturated heterocycles. The normalized spacial score (nSPS) is 11.0. The predicted octanol–water partition coefficient (Wildman–Crippen LogP) is 3.58. The first kappa shape index (κ1) is 13.8. The minimum Gasteiger partial charge on any atom is -0.479 e. The average molecular weight is 300 g/mol. The lowest BCUT2D eigenvalue weighted by atomic mass is 10.2. The third-order valence-corrected chi connectivity index (χ3v) is 3.66. The van der Waals surface area contributed by atoms with Crippen LogP contribution in [0.3, 0.4) is 0 Å². The summed E-state index contributed by atoms with van der Waals surface area (Å²) in [7, 11) is 1.60. The third kappa shape index (κ3) is 2.80. The van der Waals surface area contributed by atoms with E-state index in [1.807, 2.05) is 29.6 Å². The summed E-state index contributed by atoms with van der Waals surface area (Å²) in [5.41, 5.74) is 3.09. The van der Waals surface area contributed by atoms with Gasteiger partial charge in [0.2, 0.25) is 5.88 Å². The van der Waals surface area contributed by atoms with Crippen molar-refractivity contribution in [2.75, 3.05) is 12.4 Å². The van der Waals surface area contributed by atoms with Crippen LogP contribution in [0.2, 0.25) is 0 Å². The summed E-state index contributed by atoms with van der Waals surface area (Å²) in [6.07, 6.45) is 0. The van der Waals surface area contributed by atoms with E-state index >= 15 is 0 Å². The lowest BCUT2D eigenvalue weighted by molar-refractivity contribution is 0.399. The van der Waals surface area contributed by atoms with E-state index in [0.717, 1.165) is 21.9 Å². The fourth-order valence-electron chi connectivity index (χ4n) is 1.99. The molecule has 2 aromatic heterocycles. The molecule has 6 heteroatoms. The van der Waals surface area contributed by atoms with E-state index in [1.165, 1.54) is 0 Å². The van der Waals surface area contributed by atoms with Gasteiger partial charge in [-0.3, -0.25) is 0 Å². The molecule has 0 bridgehead atoms. The van der Waals surface area contributed by atoms with E-state index in [9.17, 15) is 0 Å². The van der Waals surface area contributed by atoms with Crippen molar-refractivity contribution in [2.45, 2.75) is 19.9 Å². The molecule has 1 aromatic carbocycles. The molecule has 0 radical (unpaired) electrons. The highest BCUT2D eigenvalue weighted by molar-refractivity contribution is 7.14. The number of benzene rings is 1. The predicted molar refractivity (Wildman–Crippen MR) is 86.0 cm³/mol. The highest BCUT2D eigenvalue weighted by Crippen LogP contribution is 2.31. The Labute approximate surface area is 127 Å². The summed E-state index contributed by atoms with van der Waals surface area (Å²) in [5.74, 6) is 0.495. The molecule has 0 aliphatic rings. The first-order valence-electron chi connectivity index (χ1n) is 6.70. The Morgan fingerprint density at radius 3 is 2.48 bits per heavy atom. The smallest absolute Gasteiger partial charge is 0.242 e. The van der Waals surface area contributed by atoms with Crippen molar-refractivity contribution in [3.63, 3.8) is 0 Å². The van der Waals surface area contributed by atoms with Crippen LogP contribution in [0.15, 0.2) is 29.6 Å². The number of anilines is 1. The van der Waals surface area contributed by atoms with Crippen LogP contribution in [0.5, 0.6) is 5.88 Å². The molecule has 0 spiro atoms. The van der Waals surface area contributed by atoms with Gasteiger partial charge in [0, 0.05) is 11.4 Å². The Hall–Kier alpha value is -2.21. The van der Waals surface area contributed by atoms with Gasteiger partial charge in [0.05, 0.1) is 18.1 Å². The summed E-state index contributed by atoms with van der Waals surface area (Å²) in [6, 6.07) is 8.07. The molecular formula is C15H16N4OS. The molecule has 0 aliphatic carbocycles. The third-order valence-electron chi connectivity index (χ3n) is 2.89. The summed E-state index contributed by atoms with van der Waals surface area (Å²) in [5, 5.41) is 6.12. The number of rotatable bonds is 4. The van der Waals surface area contributed by atoms with Crippen LogP contribution in [-0.4, -0.2) is 28.1 Å². The maximum atomic E-state index is 5.37. The van der Waals surface area contributed by atoms with Gasteiger partial charge in [-0.2, -0.15) is 0 Å². The molecule has 3 rings (SSSR count). The van der Waals surface area contributed by atoms with Crippen LogP contribution < -0.4 is 10.1 Å². The summed E-state index contributed by atoms with van der Waals surface area (Å²) < 4.78 is 5.37. The van der Waals surface area contributed by atoms with E-state index in [0.29, 0.717) is 17.6 Å². The molecule has 2 heterocycles. The summed E-state index contributed by atoms with van der Waals surface area (Å²) >= 11 is 1.55. The number of hydrogen-bond acceptors (Lipinski definition) is 6. The van der Waals surface area contributed by atoms with Gasteiger partial charge in [0.1, 0.15) is 5.69 Å². The van der Waals surface area contributed by atoms with Crippen molar-refractivity contribution in [2.24, 2.45) is 0 Å². The van der Waals surface area contributed by atoms with Gasteiger partial charge < -0.3 is 10.1 Å². The number of hydrogen-bond donors (Lipinski definition) is 1. The number of methoxy groups -OCH3 is 1. The number of aromatic nitrogens is 3. The quantitative estimate of drug-likeness (QED) is 0.798. The molecule has 21 heavy (non-hydrogen) atoms. The molecule has 5 nitrogen and oxygen atoms in total. The monoisotopic (exact) mass is 300 g/mol. The van der Waals surface area contributed by atoms with Crippen LogP contribution in [0.25, 0.3) is 22.4 Å². The molecule has 0 aliphatic heterocycles. The van der Waals surface area contributed by atoms with Gasteiger partial charge >= 0.3 is 0 Å². The summed E-state index contributed by atoms with van der Waals surface area (Å²) in [4.78, 5) is 13.7. The topological polar surface area (TPSA) is 59.9 Å². The van der Waals surface area contributed by atoms with Gasteiger partial charge in [-0.1, -0.05) is 12.1 Å². The summed E-state index contributed by atoms with van der Waals surface area (Å²) in [6.45, 7) is 4.16. The van der Waals surface area contributed by atoms with Crippen LogP contribution >= 0.6 is 11.3 Å². The van der Waals surface area contributed by atoms with Crippen molar-refractivity contribution in [1.82, 2.24) is 15.0 Å². The van der Waals surface area contributed by atoms with Crippen LogP contribution in [0, 0.1) is 0 Å². The molecule has 0 saturated carbocycles. The van der Waals surface area contributed by atoms with Crippen molar-refractivity contribution < 1.29 is 4.74 Å². The van der Waals surface area contributed by atoms with Crippen molar-refractivity contribution in [3.05, 3.63) is 29.6 Å². The number of nitrogens with zero attached hydrogens (tertiary/aromatic N) is 3. The highest BCUT2D eigenvalue weighted by atomic mass is 32.1. The first-order valence-corrected chi connectivity index (χ1v) is 7.58. The minimum atomic E-state index is 0.341. The molecule has 0 fully saturated rings. The number of nitrogens with one attached hydrogen (secondary N) is 1. The molecule has 3 aromatic rings. The molecule has 0 amide bonds. The van der Waals surface area contributed by atoms with Crippen LogP contribution in [0.4, 0.5) is 5.13 Å². The van der Waals surface area contributed by atoms with Gasteiger partial charge in [0.25, 0.3) is 0 Å². The van der Waals surface area contributed by atoms with Gasteiger partial charge in [-0.05, 0) is 26.0 Å². The molecule has 0 unspecified atom stereocenters. The SMILES string of the molecule is COc1nc2ccccc2nc1-c1csc(NC(C)C)n1. The van der Waals surface area contributed by atoms with E-state index in [4.69, 9.17) is 4.74 Å². The number of ether oxygens (including phenoxy) is 1. The zero-order chi connectivity index (χ0) is 14.8. The lowest BCUT2D eigenvalue weighted by Gasteiger charge is -2.07. The molecule has 108 valence electrons. The zero-order valence-corrected chi connectivity index (χ0v) is 12.9. The second kappa shape index (κ2) is 5.65. The lowest BCUT2D eigenvalue weighted by Crippen LogP contribution is -2.09. The first-order chi connectivity index (χ1) is 10.2. The largest absolute Gasteiger partial charge is 0.479 e. The zero-order valence-electron chi connectivity index (χ0n) is 12.1. The Balaban J connectivity index is 2.08. The highest BCUT2D eigenvalue weighted by Gasteiger charge is 2.15. The number of thiazole rings is 1. The van der Waals surface area contributed by atoms with E-state index < -0.39 is 0 Å². The number of para-hydroxylation sites is 2. The van der Waals surface area contributed by atoms with Gasteiger partial charge in [0.15, 0.2) is 10.8 Å². The Kier molecular flexibility index (Phi) is 3.70. The molecule has 1 N–H and O–H groups in total. The molecular weight excluding hydrogens is 284 g/mol. The maximum absolute atomic E-state index is 5.37. The average Bonchev–Trinajstić information content (AvgIpc) is 2.93. The Morgan fingerprint density at radius 1 is 1.10 bits per heavy atom. The Bertz CT molecular complexity index is 769. The van der Waals surface area contributed by atoms with Gasteiger partial charge in [-0.15, -0.1) is 11.3 Å². The van der Waals surface area contributed by atoms with Crippen LogP contribution in [0.1, 0.15) is 13.8 Å². The minimum absolute atomic E-state index is 0.341. The molecule has 0 atom stereocenters. The van der Waals surface area contributed by atoms with E-state index in [-0.39, 0.29) is 0 Å². The fraction of sp³-hybridized carbons (Fsp3) is 0.267. The van der Waals surface area contributed by atoms with E-state index in [2.05, 4.69) is 34.1 Å². The van der Waals surface area contributed by atoms with Gasteiger partial charge in [-0.25, -0.2) is 15.0 Å². The standard InChI is InChI=1S/C15H16N4OS/c1-9(2)16-15-19-12(8-21-15)13-14(20-3)18-11-7-5-4-6-10(11)17-13/h4-9H,1-3H3,(H,16,19). The Morgan fingerprint density at radius 2 is 1.81 bits per heavy atom. The maximum Gasteiger partial charge on any atom is 0.242 e. The fourth-order valence-corrected chi connectivity index (χ4v) is 2.83. The second-order valence-corrected chi connectivity index (χ2v) is 5.77. The number of fused-ring (bicyclic) bond motifs is 1. The van der Waals surface area contributed by atoms with Crippen molar-refractivity contribution >= 4 is 27.5 Å².